The normalized spacial score (nSPS) is 19.6. The molecular formula is C26H26ClFN6O. The van der Waals surface area contributed by atoms with Gasteiger partial charge in [0.2, 0.25) is 0 Å². The molecule has 6 rings (SSSR count). The summed E-state index contributed by atoms with van der Waals surface area (Å²) in [5.74, 6) is 0.164. The summed E-state index contributed by atoms with van der Waals surface area (Å²) in [6, 6.07) is 12.3. The summed E-state index contributed by atoms with van der Waals surface area (Å²) < 4.78 is 22.0. The number of hydrogen-bond donors (Lipinski definition) is 2. The number of pyridine rings is 1. The fourth-order valence-corrected chi connectivity index (χ4v) is 5.51. The summed E-state index contributed by atoms with van der Waals surface area (Å²) in [4.78, 5) is 16.0. The Hall–Kier alpha value is -3.07. The zero-order valence-electron chi connectivity index (χ0n) is 19.4. The summed E-state index contributed by atoms with van der Waals surface area (Å²) in [6.45, 7) is 2.63. The van der Waals surface area contributed by atoms with Crippen LogP contribution in [0.25, 0.3) is 32.9 Å². The van der Waals surface area contributed by atoms with Gasteiger partial charge in [-0.2, -0.15) is 9.97 Å². The number of hydrogen-bond acceptors (Lipinski definition) is 7. The number of anilines is 1. The molecule has 4 aromatic rings. The second kappa shape index (κ2) is 9.18. The van der Waals surface area contributed by atoms with Crippen molar-refractivity contribution in [1.29, 1.82) is 0 Å². The maximum Gasteiger partial charge on any atom is 0.319 e. The van der Waals surface area contributed by atoms with E-state index in [4.69, 9.17) is 21.3 Å². The molecule has 4 heterocycles. The Balaban J connectivity index is 1.52. The van der Waals surface area contributed by atoms with Gasteiger partial charge in [-0.1, -0.05) is 41.9 Å². The van der Waals surface area contributed by atoms with E-state index >= 15 is 4.39 Å². The molecule has 0 aliphatic carbocycles. The SMILES string of the molecule is CNCCOc1nc(N2CC3CCC(C2)N3)c2cnc(-c3cccc4cccc(Cl)c34)c(F)c2n1. The van der Waals surface area contributed by atoms with E-state index in [2.05, 4.69) is 25.5 Å². The van der Waals surface area contributed by atoms with Crippen LogP contribution in [-0.4, -0.2) is 60.3 Å². The quantitative estimate of drug-likeness (QED) is 0.391. The minimum absolute atomic E-state index is 0.167. The van der Waals surface area contributed by atoms with Gasteiger partial charge in [0.15, 0.2) is 5.82 Å². The molecule has 0 amide bonds. The fraction of sp³-hybridized carbons (Fsp3) is 0.346. The van der Waals surface area contributed by atoms with Crippen molar-refractivity contribution in [2.45, 2.75) is 24.9 Å². The smallest absolute Gasteiger partial charge is 0.319 e. The number of piperazine rings is 1. The molecule has 9 heteroatoms. The standard InChI is InChI=1S/C26H26ClFN6O/c1-29-10-11-35-26-32-24-19(25(33-26)34-13-16-8-9-17(14-34)31-16)12-30-23(22(24)28)18-6-2-4-15-5-3-7-20(27)21(15)18/h2-7,12,16-17,29,31H,8-11,13-14H2,1H3. The predicted molar refractivity (Wildman–Crippen MR) is 137 cm³/mol. The van der Waals surface area contributed by atoms with E-state index in [0.29, 0.717) is 47.0 Å². The van der Waals surface area contributed by atoms with Crippen molar-refractivity contribution in [3.05, 3.63) is 53.4 Å². The van der Waals surface area contributed by atoms with E-state index in [9.17, 15) is 0 Å². The molecule has 2 atom stereocenters. The van der Waals surface area contributed by atoms with E-state index in [1.807, 2.05) is 37.4 Å². The van der Waals surface area contributed by atoms with Crippen molar-refractivity contribution in [2.75, 3.05) is 38.2 Å². The highest BCUT2D eigenvalue weighted by molar-refractivity contribution is 6.36. The highest BCUT2D eigenvalue weighted by Gasteiger charge is 2.34. The lowest BCUT2D eigenvalue weighted by molar-refractivity contribution is 0.294. The van der Waals surface area contributed by atoms with Gasteiger partial charge in [0.25, 0.3) is 0 Å². The van der Waals surface area contributed by atoms with Crippen molar-refractivity contribution < 1.29 is 9.13 Å². The Kier molecular flexibility index (Phi) is 5.88. The van der Waals surface area contributed by atoms with Gasteiger partial charge in [0.1, 0.15) is 23.6 Å². The molecule has 0 saturated carbocycles. The Morgan fingerprint density at radius 1 is 1.14 bits per heavy atom. The topological polar surface area (TPSA) is 75.2 Å². The molecule has 2 saturated heterocycles. The van der Waals surface area contributed by atoms with Crippen molar-refractivity contribution >= 4 is 39.1 Å². The third kappa shape index (κ3) is 4.05. The number of likely N-dealkylation sites (N-methyl/N-ethyl adjacent to an activating group) is 1. The number of nitrogens with zero attached hydrogens (tertiary/aromatic N) is 4. The molecule has 2 aliphatic rings. The Labute approximate surface area is 207 Å². The van der Waals surface area contributed by atoms with Gasteiger partial charge in [-0.3, -0.25) is 4.98 Å². The highest BCUT2D eigenvalue weighted by atomic mass is 35.5. The number of aromatic nitrogens is 3. The molecule has 180 valence electrons. The van der Waals surface area contributed by atoms with Crippen LogP contribution in [0, 0.1) is 5.82 Å². The first-order valence-corrected chi connectivity index (χ1v) is 12.3. The molecule has 35 heavy (non-hydrogen) atoms. The van der Waals surface area contributed by atoms with Gasteiger partial charge in [-0.15, -0.1) is 0 Å². The molecule has 2 aromatic heterocycles. The number of rotatable bonds is 6. The van der Waals surface area contributed by atoms with Crippen molar-refractivity contribution in [3.8, 4) is 17.3 Å². The van der Waals surface area contributed by atoms with Crippen LogP contribution in [0.15, 0.2) is 42.6 Å². The number of benzene rings is 2. The number of fused-ring (bicyclic) bond motifs is 4. The molecule has 0 radical (unpaired) electrons. The van der Waals surface area contributed by atoms with E-state index in [1.165, 1.54) is 0 Å². The van der Waals surface area contributed by atoms with E-state index in [-0.39, 0.29) is 17.2 Å². The Morgan fingerprint density at radius 2 is 1.91 bits per heavy atom. The van der Waals surface area contributed by atoms with Crippen LogP contribution < -0.4 is 20.3 Å². The average Bonchev–Trinajstić information content (AvgIpc) is 3.21. The maximum atomic E-state index is 16.2. The molecule has 0 spiro atoms. The molecule has 2 fully saturated rings. The predicted octanol–water partition coefficient (Wildman–Crippen LogP) is 4.18. The summed E-state index contributed by atoms with van der Waals surface area (Å²) in [7, 11) is 1.85. The third-order valence-electron chi connectivity index (χ3n) is 6.85. The zero-order chi connectivity index (χ0) is 23.9. The number of ether oxygens (including phenoxy) is 1. The largest absolute Gasteiger partial charge is 0.462 e. The zero-order valence-corrected chi connectivity index (χ0v) is 20.1. The van der Waals surface area contributed by atoms with E-state index in [1.54, 1.807) is 12.3 Å². The lowest BCUT2D eigenvalue weighted by Crippen LogP contribution is -2.51. The first-order chi connectivity index (χ1) is 17.1. The average molecular weight is 493 g/mol. The third-order valence-corrected chi connectivity index (χ3v) is 7.17. The Morgan fingerprint density at radius 3 is 2.69 bits per heavy atom. The summed E-state index contributed by atoms with van der Waals surface area (Å²) in [5, 5.41) is 9.50. The van der Waals surface area contributed by atoms with Gasteiger partial charge in [-0.25, -0.2) is 4.39 Å². The minimum Gasteiger partial charge on any atom is -0.462 e. The lowest BCUT2D eigenvalue weighted by Gasteiger charge is -2.34. The van der Waals surface area contributed by atoms with Crippen molar-refractivity contribution in [3.63, 3.8) is 0 Å². The molecule has 2 aliphatic heterocycles. The molecular weight excluding hydrogens is 467 g/mol. The summed E-state index contributed by atoms with van der Waals surface area (Å²) in [5.41, 5.74) is 1.04. The van der Waals surface area contributed by atoms with Gasteiger partial charge < -0.3 is 20.3 Å². The summed E-state index contributed by atoms with van der Waals surface area (Å²) in [6.07, 6.45) is 3.95. The monoisotopic (exact) mass is 492 g/mol. The Bertz CT molecular complexity index is 1400. The maximum absolute atomic E-state index is 16.2. The van der Waals surface area contributed by atoms with Crippen LogP contribution in [0.4, 0.5) is 10.2 Å². The van der Waals surface area contributed by atoms with Crippen LogP contribution in [0.2, 0.25) is 5.02 Å². The van der Waals surface area contributed by atoms with Crippen LogP contribution in [-0.2, 0) is 0 Å². The first kappa shape index (κ1) is 22.4. The van der Waals surface area contributed by atoms with Gasteiger partial charge in [-0.05, 0) is 31.3 Å². The van der Waals surface area contributed by atoms with Gasteiger partial charge in [0, 0.05) is 53.9 Å². The molecule has 2 aromatic carbocycles. The number of nitrogens with one attached hydrogen (secondary N) is 2. The van der Waals surface area contributed by atoms with Crippen LogP contribution in [0.3, 0.4) is 0 Å². The van der Waals surface area contributed by atoms with Gasteiger partial charge in [0.05, 0.1) is 5.39 Å². The fourth-order valence-electron chi connectivity index (χ4n) is 5.22. The van der Waals surface area contributed by atoms with Gasteiger partial charge >= 0.3 is 6.01 Å². The summed E-state index contributed by atoms with van der Waals surface area (Å²) >= 11 is 6.52. The molecule has 2 N–H and O–H groups in total. The molecule has 2 bridgehead atoms. The van der Waals surface area contributed by atoms with Crippen LogP contribution in [0.5, 0.6) is 6.01 Å². The van der Waals surface area contributed by atoms with Crippen molar-refractivity contribution in [2.24, 2.45) is 0 Å². The first-order valence-electron chi connectivity index (χ1n) is 11.9. The highest BCUT2D eigenvalue weighted by Crippen LogP contribution is 2.37. The van der Waals surface area contributed by atoms with Crippen LogP contribution in [0.1, 0.15) is 12.8 Å². The second-order valence-corrected chi connectivity index (χ2v) is 9.56. The van der Waals surface area contributed by atoms with E-state index in [0.717, 1.165) is 36.7 Å². The molecule has 2 unspecified atom stereocenters. The van der Waals surface area contributed by atoms with E-state index < -0.39 is 5.82 Å². The van der Waals surface area contributed by atoms with Crippen molar-refractivity contribution in [1.82, 2.24) is 25.6 Å². The minimum atomic E-state index is -0.504. The number of halogens is 2. The molecule has 7 nitrogen and oxygen atoms in total. The lowest BCUT2D eigenvalue weighted by atomic mass is 10.0. The van der Waals surface area contributed by atoms with Crippen LogP contribution >= 0.6 is 11.6 Å². The second-order valence-electron chi connectivity index (χ2n) is 9.15.